The van der Waals surface area contributed by atoms with Gasteiger partial charge in [-0.1, -0.05) is 0 Å². The highest BCUT2D eigenvalue weighted by atomic mass is 16.3. The van der Waals surface area contributed by atoms with Crippen LogP contribution in [0.25, 0.3) is 0 Å². The molecule has 3 rings (SSSR count). The normalized spacial score (nSPS) is 24.4. The highest BCUT2D eigenvalue weighted by molar-refractivity contribution is 5.79. The van der Waals surface area contributed by atoms with E-state index in [4.69, 9.17) is 0 Å². The minimum absolute atomic E-state index is 0.127. The molecule has 0 bridgehead atoms. The summed E-state index contributed by atoms with van der Waals surface area (Å²) in [6.45, 7) is 10.3. The first-order valence-corrected chi connectivity index (χ1v) is 10.9. The van der Waals surface area contributed by atoms with Crippen LogP contribution in [0.15, 0.2) is 24.5 Å². The summed E-state index contributed by atoms with van der Waals surface area (Å²) < 4.78 is 0. The van der Waals surface area contributed by atoms with Gasteiger partial charge in [-0.2, -0.15) is 0 Å². The summed E-state index contributed by atoms with van der Waals surface area (Å²) in [5.41, 5.74) is 1.06. The van der Waals surface area contributed by atoms with Gasteiger partial charge in [-0.3, -0.25) is 20.4 Å². The van der Waals surface area contributed by atoms with Crippen molar-refractivity contribution in [3.63, 3.8) is 0 Å². The second-order valence-corrected chi connectivity index (χ2v) is 9.44. The predicted octanol–water partition coefficient (Wildman–Crippen LogP) is 1.79. The molecule has 0 aromatic carbocycles. The Morgan fingerprint density at radius 3 is 2.34 bits per heavy atom. The van der Waals surface area contributed by atoms with Crippen molar-refractivity contribution >= 4 is 11.6 Å². The van der Waals surface area contributed by atoms with Crippen molar-refractivity contribution in [3.8, 4) is 0 Å². The summed E-state index contributed by atoms with van der Waals surface area (Å²) in [6.07, 6.45) is 6.95. The monoisotopic (exact) mass is 403 g/mol. The molecule has 29 heavy (non-hydrogen) atoms. The van der Waals surface area contributed by atoms with E-state index in [1.807, 2.05) is 45.3 Å². The zero-order valence-corrected chi connectivity index (χ0v) is 18.1. The molecule has 2 fully saturated rings. The van der Waals surface area contributed by atoms with E-state index in [0.717, 1.165) is 58.4 Å². The summed E-state index contributed by atoms with van der Waals surface area (Å²) in [7, 11) is 0. The molecule has 2 aliphatic rings. The number of piperazine rings is 1. The van der Waals surface area contributed by atoms with Crippen LogP contribution >= 0.6 is 0 Å². The first kappa shape index (κ1) is 22.0. The molecular weight excluding hydrogens is 366 g/mol. The lowest BCUT2D eigenvalue weighted by atomic mass is 9.81. The topological polar surface area (TPSA) is 80.7 Å². The maximum Gasteiger partial charge on any atom is 0.225 e. The van der Waals surface area contributed by atoms with Gasteiger partial charge in [-0.15, -0.1) is 0 Å². The molecule has 0 spiro atoms. The number of aliphatic hydroxyl groups is 1. The number of carbonyl (C=O) groups excluding carboxylic acids is 1. The SMILES string of the molecule is CC(C)(C)NC(O)NC[C@H]1CC[C@H](C(=O)N2CCN(c3ccncc3)CC2)CC1. The third-order valence-corrected chi connectivity index (χ3v) is 5.98. The van der Waals surface area contributed by atoms with Crippen LogP contribution in [0.4, 0.5) is 5.69 Å². The van der Waals surface area contributed by atoms with Crippen LogP contribution in [0.3, 0.4) is 0 Å². The Morgan fingerprint density at radius 1 is 1.14 bits per heavy atom. The molecule has 1 saturated carbocycles. The smallest absolute Gasteiger partial charge is 0.225 e. The van der Waals surface area contributed by atoms with Gasteiger partial charge < -0.3 is 14.9 Å². The highest BCUT2D eigenvalue weighted by Crippen LogP contribution is 2.30. The molecule has 1 aliphatic carbocycles. The number of pyridine rings is 1. The average molecular weight is 404 g/mol. The van der Waals surface area contributed by atoms with Gasteiger partial charge >= 0.3 is 0 Å². The number of carbonyl (C=O) groups is 1. The highest BCUT2D eigenvalue weighted by Gasteiger charge is 2.31. The van der Waals surface area contributed by atoms with E-state index in [-0.39, 0.29) is 11.5 Å². The number of aliphatic hydroxyl groups excluding tert-OH is 1. The van der Waals surface area contributed by atoms with Gasteiger partial charge in [0.05, 0.1) is 0 Å². The van der Waals surface area contributed by atoms with Crippen molar-refractivity contribution in [1.82, 2.24) is 20.5 Å². The Hall–Kier alpha value is -1.70. The molecule has 1 atom stereocenters. The maximum atomic E-state index is 13.0. The quantitative estimate of drug-likeness (QED) is 0.629. The molecular formula is C22H37N5O2. The first-order chi connectivity index (χ1) is 13.8. The van der Waals surface area contributed by atoms with Gasteiger partial charge in [0.2, 0.25) is 5.91 Å². The summed E-state index contributed by atoms with van der Waals surface area (Å²) in [5.74, 6) is 1.02. The molecule has 0 radical (unpaired) electrons. The molecule has 1 aliphatic heterocycles. The number of nitrogens with zero attached hydrogens (tertiary/aromatic N) is 3. The minimum atomic E-state index is -0.689. The van der Waals surface area contributed by atoms with Crippen molar-refractivity contribution in [1.29, 1.82) is 0 Å². The van der Waals surface area contributed by atoms with Crippen LogP contribution in [0.2, 0.25) is 0 Å². The standard InChI is InChI=1S/C22H37N5O2/c1-22(2,3)25-21(29)24-16-17-4-6-18(7-5-17)20(28)27-14-12-26(13-15-27)19-8-10-23-11-9-19/h8-11,17-18,21,24-25,29H,4-7,12-16H2,1-3H3/t17-,18-,21?. The Labute approximate surface area is 174 Å². The Morgan fingerprint density at radius 2 is 1.76 bits per heavy atom. The van der Waals surface area contributed by atoms with Gasteiger partial charge in [0, 0.05) is 62.3 Å². The zero-order valence-electron chi connectivity index (χ0n) is 18.1. The molecule has 1 amide bonds. The van der Waals surface area contributed by atoms with Crippen molar-refractivity contribution in [2.24, 2.45) is 11.8 Å². The van der Waals surface area contributed by atoms with E-state index in [1.54, 1.807) is 0 Å². The summed E-state index contributed by atoms with van der Waals surface area (Å²) >= 11 is 0. The summed E-state index contributed by atoms with van der Waals surface area (Å²) in [5, 5.41) is 16.3. The second-order valence-electron chi connectivity index (χ2n) is 9.44. The lowest BCUT2D eigenvalue weighted by Gasteiger charge is -2.39. The molecule has 1 unspecified atom stereocenters. The fourth-order valence-corrected chi connectivity index (χ4v) is 4.35. The van der Waals surface area contributed by atoms with Crippen molar-refractivity contribution < 1.29 is 9.90 Å². The van der Waals surface area contributed by atoms with Gasteiger partial charge in [-0.05, 0) is 64.5 Å². The van der Waals surface area contributed by atoms with Crippen LogP contribution in [0.1, 0.15) is 46.5 Å². The molecule has 2 heterocycles. The fraction of sp³-hybridized carbons (Fsp3) is 0.727. The number of anilines is 1. The number of hydrogen-bond acceptors (Lipinski definition) is 6. The zero-order chi connectivity index (χ0) is 20.9. The van der Waals surface area contributed by atoms with E-state index in [9.17, 15) is 9.90 Å². The largest absolute Gasteiger partial charge is 0.368 e. The van der Waals surface area contributed by atoms with Gasteiger partial charge in [0.15, 0.2) is 6.35 Å². The molecule has 1 aromatic rings. The number of hydrogen-bond donors (Lipinski definition) is 3. The molecule has 7 nitrogen and oxygen atoms in total. The lowest BCUT2D eigenvalue weighted by molar-refractivity contribution is -0.137. The minimum Gasteiger partial charge on any atom is -0.368 e. The van der Waals surface area contributed by atoms with Crippen LogP contribution in [-0.2, 0) is 4.79 Å². The number of amides is 1. The van der Waals surface area contributed by atoms with E-state index < -0.39 is 6.35 Å². The van der Waals surface area contributed by atoms with Gasteiger partial charge in [0.1, 0.15) is 0 Å². The van der Waals surface area contributed by atoms with Crippen LogP contribution in [0.5, 0.6) is 0 Å². The molecule has 1 aromatic heterocycles. The van der Waals surface area contributed by atoms with E-state index in [0.29, 0.717) is 11.8 Å². The van der Waals surface area contributed by atoms with Crippen LogP contribution < -0.4 is 15.5 Å². The average Bonchev–Trinajstić information content (AvgIpc) is 2.72. The van der Waals surface area contributed by atoms with Crippen LogP contribution in [0, 0.1) is 11.8 Å². The van der Waals surface area contributed by atoms with E-state index >= 15 is 0 Å². The molecule has 1 saturated heterocycles. The molecule has 7 heteroatoms. The third kappa shape index (κ3) is 6.66. The van der Waals surface area contributed by atoms with Gasteiger partial charge in [0.25, 0.3) is 0 Å². The Bertz CT molecular complexity index is 632. The van der Waals surface area contributed by atoms with Crippen molar-refractivity contribution in [2.75, 3.05) is 37.6 Å². The summed E-state index contributed by atoms with van der Waals surface area (Å²) in [6, 6.07) is 4.06. The summed E-state index contributed by atoms with van der Waals surface area (Å²) in [4.78, 5) is 21.4. The van der Waals surface area contributed by atoms with Crippen molar-refractivity contribution in [2.45, 2.75) is 58.3 Å². The van der Waals surface area contributed by atoms with E-state index in [1.165, 1.54) is 5.69 Å². The molecule has 162 valence electrons. The van der Waals surface area contributed by atoms with Gasteiger partial charge in [-0.25, -0.2) is 0 Å². The number of aromatic nitrogens is 1. The third-order valence-electron chi connectivity index (χ3n) is 5.98. The Balaban J connectivity index is 1.37. The van der Waals surface area contributed by atoms with Crippen LogP contribution in [-0.4, -0.2) is 65.5 Å². The second kappa shape index (κ2) is 9.87. The fourth-order valence-electron chi connectivity index (χ4n) is 4.35. The van der Waals surface area contributed by atoms with Crippen molar-refractivity contribution in [3.05, 3.63) is 24.5 Å². The first-order valence-electron chi connectivity index (χ1n) is 10.9. The maximum absolute atomic E-state index is 13.0. The Kier molecular flexibility index (Phi) is 7.49. The molecule has 3 N–H and O–H groups in total. The van der Waals surface area contributed by atoms with E-state index in [2.05, 4.69) is 25.4 Å². The number of rotatable bonds is 6. The predicted molar refractivity (Wildman–Crippen MR) is 115 cm³/mol. The number of nitrogens with one attached hydrogen (secondary N) is 2. The lowest BCUT2D eigenvalue weighted by Crippen LogP contribution is -2.52.